The first-order valence-electron chi connectivity index (χ1n) is 6.59. The Morgan fingerprint density at radius 2 is 2.00 bits per heavy atom. The predicted molar refractivity (Wildman–Crippen MR) is 73.4 cm³/mol. The van der Waals surface area contributed by atoms with Gasteiger partial charge in [-0.2, -0.15) is 4.72 Å². The molecule has 1 atom stereocenters. The highest BCUT2D eigenvalue weighted by Gasteiger charge is 2.46. The van der Waals surface area contributed by atoms with Gasteiger partial charge in [-0.3, -0.25) is 4.79 Å². The van der Waals surface area contributed by atoms with Crippen LogP contribution in [0.2, 0.25) is 0 Å². The van der Waals surface area contributed by atoms with E-state index >= 15 is 0 Å². The summed E-state index contributed by atoms with van der Waals surface area (Å²) in [5.41, 5.74) is -1.20. The third-order valence-electron chi connectivity index (χ3n) is 3.72. The van der Waals surface area contributed by atoms with Crippen molar-refractivity contribution in [1.29, 1.82) is 0 Å². The van der Waals surface area contributed by atoms with Crippen LogP contribution in [0.15, 0.2) is 17.0 Å². The van der Waals surface area contributed by atoms with E-state index in [0.717, 1.165) is 0 Å². The van der Waals surface area contributed by atoms with Crippen molar-refractivity contribution in [3.05, 3.63) is 17.7 Å². The third-order valence-corrected chi connectivity index (χ3v) is 5.40. The van der Waals surface area contributed by atoms with Crippen molar-refractivity contribution in [2.45, 2.75) is 23.8 Å². The molecule has 2 aliphatic heterocycles. The molecule has 0 spiro atoms. The highest BCUT2D eigenvalue weighted by Crippen LogP contribution is 2.36. The van der Waals surface area contributed by atoms with Gasteiger partial charge in [0.05, 0.1) is 11.5 Å². The normalized spacial score (nSPS) is 23.7. The van der Waals surface area contributed by atoms with Gasteiger partial charge < -0.3 is 19.3 Å². The number of ether oxygens (including phenoxy) is 3. The van der Waals surface area contributed by atoms with Crippen LogP contribution in [-0.2, 0) is 19.6 Å². The predicted octanol–water partition coefficient (Wildman–Crippen LogP) is 0.246. The van der Waals surface area contributed by atoms with E-state index in [2.05, 4.69) is 4.72 Å². The average Bonchev–Trinajstić information content (AvgIpc) is 3.06. The lowest BCUT2D eigenvalue weighted by molar-refractivity contribution is -0.144. The molecule has 1 fully saturated rings. The van der Waals surface area contributed by atoms with E-state index < -0.39 is 21.5 Å². The first-order chi connectivity index (χ1) is 10.3. The minimum absolute atomic E-state index is 0.0264. The Bertz CT molecular complexity index is 722. The van der Waals surface area contributed by atoms with Gasteiger partial charge in [-0.1, -0.05) is 0 Å². The Labute approximate surface area is 127 Å². The summed E-state index contributed by atoms with van der Waals surface area (Å²) in [6, 6.07) is 2.89. The maximum absolute atomic E-state index is 12.6. The van der Waals surface area contributed by atoms with Gasteiger partial charge in [0.15, 0.2) is 17.0 Å². The number of carbonyl (C=O) groups is 1. The fraction of sp³-hybridized carbons (Fsp3) is 0.462. The number of aliphatic carboxylic acids is 1. The zero-order valence-corrected chi connectivity index (χ0v) is 12.6. The maximum Gasteiger partial charge on any atom is 0.327 e. The number of benzene rings is 1. The number of carboxylic acids is 1. The quantitative estimate of drug-likeness (QED) is 0.814. The number of sulfonamides is 1. The molecule has 2 N–H and O–H groups in total. The smallest absolute Gasteiger partial charge is 0.327 e. The van der Waals surface area contributed by atoms with Crippen molar-refractivity contribution in [2.75, 3.05) is 20.0 Å². The van der Waals surface area contributed by atoms with E-state index in [0.29, 0.717) is 17.1 Å². The fourth-order valence-electron chi connectivity index (χ4n) is 2.48. The van der Waals surface area contributed by atoms with Crippen molar-refractivity contribution >= 4 is 16.0 Å². The van der Waals surface area contributed by atoms with Crippen LogP contribution in [0, 0.1) is 6.92 Å². The summed E-state index contributed by atoms with van der Waals surface area (Å²) in [6.07, 6.45) is 0.0746. The summed E-state index contributed by atoms with van der Waals surface area (Å²) in [5.74, 6) is -0.474. The molecule has 1 aromatic carbocycles. The van der Waals surface area contributed by atoms with Gasteiger partial charge in [0.25, 0.3) is 0 Å². The molecule has 9 heteroatoms. The fourth-order valence-corrected chi connectivity index (χ4v) is 4.10. The molecule has 0 bridgehead atoms. The molecule has 120 valence electrons. The number of nitrogens with one attached hydrogen (secondary N) is 1. The molecule has 1 saturated heterocycles. The minimum atomic E-state index is -4.05. The number of hydrogen-bond acceptors (Lipinski definition) is 6. The summed E-state index contributed by atoms with van der Waals surface area (Å²) in [7, 11) is -4.05. The number of fused-ring (bicyclic) bond motifs is 1. The van der Waals surface area contributed by atoms with E-state index in [9.17, 15) is 18.3 Å². The van der Waals surface area contributed by atoms with Crippen molar-refractivity contribution in [2.24, 2.45) is 0 Å². The van der Waals surface area contributed by atoms with E-state index in [-0.39, 0.29) is 31.3 Å². The lowest BCUT2D eigenvalue weighted by Crippen LogP contribution is -2.55. The van der Waals surface area contributed by atoms with Gasteiger partial charge in [0, 0.05) is 19.1 Å². The monoisotopic (exact) mass is 329 g/mol. The zero-order valence-electron chi connectivity index (χ0n) is 11.8. The summed E-state index contributed by atoms with van der Waals surface area (Å²) in [4.78, 5) is 11.4. The molecule has 1 unspecified atom stereocenters. The van der Waals surface area contributed by atoms with Gasteiger partial charge in [-0.25, -0.2) is 8.42 Å². The molecule has 1 aromatic rings. The van der Waals surface area contributed by atoms with Gasteiger partial charge in [-0.15, -0.1) is 0 Å². The SMILES string of the molecule is Cc1cc2c(cc1S(=O)(=O)NC1(C(=O)O)CCOC1)OCO2. The van der Waals surface area contributed by atoms with Crippen molar-refractivity contribution in [3.63, 3.8) is 0 Å². The van der Waals surface area contributed by atoms with Crippen LogP contribution in [0.3, 0.4) is 0 Å². The molecule has 0 saturated carbocycles. The van der Waals surface area contributed by atoms with E-state index in [4.69, 9.17) is 14.2 Å². The first-order valence-corrected chi connectivity index (χ1v) is 8.08. The number of aryl methyl sites for hydroxylation is 1. The van der Waals surface area contributed by atoms with Crippen LogP contribution in [0.1, 0.15) is 12.0 Å². The molecular weight excluding hydrogens is 314 g/mol. The minimum Gasteiger partial charge on any atom is -0.480 e. The molecule has 3 rings (SSSR count). The second-order valence-electron chi connectivity index (χ2n) is 5.27. The van der Waals surface area contributed by atoms with Crippen LogP contribution < -0.4 is 14.2 Å². The standard InChI is InChI=1S/C13H15NO7S/c1-8-4-9-10(21-7-20-9)5-11(8)22(17,18)14-13(12(15)16)2-3-19-6-13/h4-5,14H,2-3,6-7H2,1H3,(H,15,16). The van der Waals surface area contributed by atoms with Crippen molar-refractivity contribution < 1.29 is 32.5 Å². The molecule has 0 aromatic heterocycles. The topological polar surface area (TPSA) is 111 Å². The summed E-state index contributed by atoms with van der Waals surface area (Å²) >= 11 is 0. The van der Waals surface area contributed by atoms with Crippen LogP contribution in [0.4, 0.5) is 0 Å². The number of rotatable bonds is 4. The van der Waals surface area contributed by atoms with Crippen LogP contribution in [0.25, 0.3) is 0 Å². The summed E-state index contributed by atoms with van der Waals surface area (Å²) in [5, 5.41) is 9.35. The Hall–Kier alpha value is -1.84. The lowest BCUT2D eigenvalue weighted by atomic mass is 10.0. The van der Waals surface area contributed by atoms with E-state index in [1.165, 1.54) is 6.07 Å². The molecule has 2 heterocycles. The Balaban J connectivity index is 1.98. The van der Waals surface area contributed by atoms with Gasteiger partial charge >= 0.3 is 5.97 Å². The van der Waals surface area contributed by atoms with Crippen molar-refractivity contribution in [1.82, 2.24) is 4.72 Å². The molecule has 8 nitrogen and oxygen atoms in total. The molecule has 0 aliphatic carbocycles. The largest absolute Gasteiger partial charge is 0.480 e. The van der Waals surface area contributed by atoms with Gasteiger partial charge in [0.2, 0.25) is 16.8 Å². The first kappa shape index (κ1) is 15.1. The average molecular weight is 329 g/mol. The number of hydrogen-bond donors (Lipinski definition) is 2. The molecular formula is C13H15NO7S. The van der Waals surface area contributed by atoms with Gasteiger partial charge in [-0.05, 0) is 18.6 Å². The van der Waals surface area contributed by atoms with Crippen LogP contribution >= 0.6 is 0 Å². The maximum atomic E-state index is 12.6. The lowest BCUT2D eigenvalue weighted by Gasteiger charge is -2.24. The Morgan fingerprint density at radius 3 is 2.59 bits per heavy atom. The Kier molecular flexibility index (Phi) is 3.50. The second-order valence-corrected chi connectivity index (χ2v) is 6.92. The zero-order chi connectivity index (χ0) is 16.0. The highest BCUT2D eigenvalue weighted by atomic mass is 32.2. The summed E-state index contributed by atoms with van der Waals surface area (Å²) in [6.45, 7) is 1.62. The Morgan fingerprint density at radius 1 is 1.32 bits per heavy atom. The molecule has 0 amide bonds. The molecule has 0 radical (unpaired) electrons. The van der Waals surface area contributed by atoms with Gasteiger partial charge in [0.1, 0.15) is 0 Å². The number of carboxylic acid groups (broad SMARTS) is 1. The summed E-state index contributed by atoms with van der Waals surface area (Å²) < 4.78 is 42.9. The van der Waals surface area contributed by atoms with Crippen molar-refractivity contribution in [3.8, 4) is 11.5 Å². The van der Waals surface area contributed by atoms with Crippen LogP contribution in [-0.4, -0.2) is 45.0 Å². The molecule has 22 heavy (non-hydrogen) atoms. The van der Waals surface area contributed by atoms with E-state index in [1.54, 1.807) is 13.0 Å². The van der Waals surface area contributed by atoms with E-state index in [1.807, 2.05) is 0 Å². The molecule has 2 aliphatic rings. The second kappa shape index (κ2) is 5.11. The highest BCUT2D eigenvalue weighted by molar-refractivity contribution is 7.89. The van der Waals surface area contributed by atoms with Crippen LogP contribution in [0.5, 0.6) is 11.5 Å². The third kappa shape index (κ3) is 2.40.